The largest absolute Gasteiger partial charge is 0.481 e. The standard InChI is InChI=1S/C14H20N4O/c1-4-18-10-12(9-17-18)13(15-2)7-11-5-6-14(19-3)16-8-11/h5-6,8-10,13,15H,4,7H2,1-3H3. The van der Waals surface area contributed by atoms with Crippen LogP contribution in [0.3, 0.4) is 0 Å². The monoisotopic (exact) mass is 260 g/mol. The number of likely N-dealkylation sites (N-methyl/N-ethyl adjacent to an activating group) is 1. The van der Waals surface area contributed by atoms with E-state index < -0.39 is 0 Å². The summed E-state index contributed by atoms with van der Waals surface area (Å²) in [4.78, 5) is 4.23. The number of nitrogens with one attached hydrogen (secondary N) is 1. The van der Waals surface area contributed by atoms with Crippen LogP contribution in [-0.4, -0.2) is 28.9 Å². The van der Waals surface area contributed by atoms with E-state index in [2.05, 4.69) is 28.5 Å². The van der Waals surface area contributed by atoms with E-state index >= 15 is 0 Å². The minimum atomic E-state index is 0.246. The van der Waals surface area contributed by atoms with Gasteiger partial charge in [0.25, 0.3) is 0 Å². The van der Waals surface area contributed by atoms with Crippen molar-refractivity contribution in [2.24, 2.45) is 0 Å². The molecule has 1 atom stereocenters. The summed E-state index contributed by atoms with van der Waals surface area (Å²) < 4.78 is 7.00. The van der Waals surface area contributed by atoms with Crippen LogP contribution in [0.15, 0.2) is 30.7 Å². The zero-order chi connectivity index (χ0) is 13.7. The number of aryl methyl sites for hydroxylation is 1. The smallest absolute Gasteiger partial charge is 0.212 e. The van der Waals surface area contributed by atoms with Gasteiger partial charge < -0.3 is 10.1 Å². The summed E-state index contributed by atoms with van der Waals surface area (Å²) in [7, 11) is 3.59. The van der Waals surface area contributed by atoms with Gasteiger partial charge in [0.1, 0.15) is 0 Å². The fourth-order valence-corrected chi connectivity index (χ4v) is 2.01. The number of hydrogen-bond donors (Lipinski definition) is 1. The number of ether oxygens (including phenoxy) is 1. The van der Waals surface area contributed by atoms with Crippen molar-refractivity contribution in [3.8, 4) is 5.88 Å². The fraction of sp³-hybridized carbons (Fsp3) is 0.429. The molecule has 102 valence electrons. The van der Waals surface area contributed by atoms with Crippen molar-refractivity contribution < 1.29 is 4.74 Å². The molecule has 0 spiro atoms. The molecule has 0 aliphatic carbocycles. The van der Waals surface area contributed by atoms with E-state index in [1.54, 1.807) is 7.11 Å². The molecule has 0 aliphatic rings. The van der Waals surface area contributed by atoms with Crippen LogP contribution in [-0.2, 0) is 13.0 Å². The van der Waals surface area contributed by atoms with Crippen molar-refractivity contribution in [2.75, 3.05) is 14.2 Å². The second-order valence-electron chi connectivity index (χ2n) is 4.38. The number of methoxy groups -OCH3 is 1. The van der Waals surface area contributed by atoms with Gasteiger partial charge in [0.05, 0.1) is 13.3 Å². The maximum absolute atomic E-state index is 5.06. The number of aromatic nitrogens is 3. The van der Waals surface area contributed by atoms with Gasteiger partial charge in [0, 0.05) is 36.6 Å². The molecule has 2 aromatic heterocycles. The average molecular weight is 260 g/mol. The second kappa shape index (κ2) is 6.33. The highest BCUT2D eigenvalue weighted by atomic mass is 16.5. The first-order chi connectivity index (χ1) is 9.26. The van der Waals surface area contributed by atoms with E-state index in [1.165, 1.54) is 11.1 Å². The van der Waals surface area contributed by atoms with Gasteiger partial charge in [-0.1, -0.05) is 6.07 Å². The van der Waals surface area contributed by atoms with Gasteiger partial charge in [-0.15, -0.1) is 0 Å². The van der Waals surface area contributed by atoms with Crippen molar-refractivity contribution in [2.45, 2.75) is 25.9 Å². The molecular formula is C14H20N4O. The quantitative estimate of drug-likeness (QED) is 0.860. The van der Waals surface area contributed by atoms with Crippen LogP contribution in [0.25, 0.3) is 0 Å². The summed E-state index contributed by atoms with van der Waals surface area (Å²) >= 11 is 0. The molecule has 1 N–H and O–H groups in total. The lowest BCUT2D eigenvalue weighted by molar-refractivity contribution is 0.397. The Bertz CT molecular complexity index is 506. The average Bonchev–Trinajstić information content (AvgIpc) is 2.94. The Kier molecular flexibility index (Phi) is 4.52. The molecule has 0 bridgehead atoms. The molecule has 0 saturated heterocycles. The Balaban J connectivity index is 2.09. The maximum atomic E-state index is 5.06. The van der Waals surface area contributed by atoms with Gasteiger partial charge in [-0.25, -0.2) is 4.98 Å². The first-order valence-corrected chi connectivity index (χ1v) is 6.45. The highest BCUT2D eigenvalue weighted by molar-refractivity contribution is 5.21. The van der Waals surface area contributed by atoms with Crippen LogP contribution in [0, 0.1) is 0 Å². The van der Waals surface area contributed by atoms with Gasteiger partial charge in [0.15, 0.2) is 0 Å². The molecular weight excluding hydrogens is 240 g/mol. The molecule has 0 aromatic carbocycles. The van der Waals surface area contributed by atoms with Crippen LogP contribution in [0.2, 0.25) is 0 Å². The minimum absolute atomic E-state index is 0.246. The Hall–Kier alpha value is -1.88. The molecule has 0 amide bonds. The third kappa shape index (κ3) is 3.32. The van der Waals surface area contributed by atoms with Crippen LogP contribution in [0.5, 0.6) is 5.88 Å². The van der Waals surface area contributed by atoms with Crippen molar-refractivity contribution in [1.29, 1.82) is 0 Å². The van der Waals surface area contributed by atoms with Gasteiger partial charge in [-0.3, -0.25) is 4.68 Å². The summed E-state index contributed by atoms with van der Waals surface area (Å²) in [6.45, 7) is 2.97. The van der Waals surface area contributed by atoms with E-state index in [1.807, 2.05) is 36.3 Å². The van der Waals surface area contributed by atoms with Crippen molar-refractivity contribution in [3.63, 3.8) is 0 Å². The molecule has 0 aliphatic heterocycles. The van der Waals surface area contributed by atoms with Crippen molar-refractivity contribution in [3.05, 3.63) is 41.9 Å². The van der Waals surface area contributed by atoms with E-state index in [4.69, 9.17) is 4.74 Å². The zero-order valence-corrected chi connectivity index (χ0v) is 11.6. The molecule has 5 heteroatoms. The zero-order valence-electron chi connectivity index (χ0n) is 11.6. The first-order valence-electron chi connectivity index (χ1n) is 6.45. The van der Waals surface area contributed by atoms with Crippen LogP contribution < -0.4 is 10.1 Å². The third-order valence-electron chi connectivity index (χ3n) is 3.17. The number of pyridine rings is 1. The van der Waals surface area contributed by atoms with E-state index in [9.17, 15) is 0 Å². The highest BCUT2D eigenvalue weighted by Crippen LogP contribution is 2.18. The van der Waals surface area contributed by atoms with E-state index in [0.29, 0.717) is 5.88 Å². The number of hydrogen-bond acceptors (Lipinski definition) is 4. The molecule has 2 aromatic rings. The van der Waals surface area contributed by atoms with Crippen molar-refractivity contribution in [1.82, 2.24) is 20.1 Å². The Morgan fingerprint density at radius 3 is 2.74 bits per heavy atom. The first kappa shape index (κ1) is 13.5. The normalized spacial score (nSPS) is 12.4. The molecule has 0 radical (unpaired) electrons. The lowest BCUT2D eigenvalue weighted by Gasteiger charge is -2.14. The second-order valence-corrected chi connectivity index (χ2v) is 4.38. The summed E-state index contributed by atoms with van der Waals surface area (Å²) in [5.74, 6) is 0.642. The Morgan fingerprint density at radius 2 is 2.21 bits per heavy atom. The van der Waals surface area contributed by atoms with E-state index in [0.717, 1.165) is 13.0 Å². The van der Waals surface area contributed by atoms with Gasteiger partial charge in [0.2, 0.25) is 5.88 Å². The van der Waals surface area contributed by atoms with Crippen molar-refractivity contribution >= 4 is 0 Å². The number of nitrogens with zero attached hydrogens (tertiary/aromatic N) is 3. The minimum Gasteiger partial charge on any atom is -0.481 e. The molecule has 2 rings (SSSR count). The van der Waals surface area contributed by atoms with Crippen LogP contribution in [0.4, 0.5) is 0 Å². The summed E-state index contributed by atoms with van der Waals surface area (Å²) in [6.07, 6.45) is 6.73. The lowest BCUT2D eigenvalue weighted by Crippen LogP contribution is -2.18. The number of rotatable bonds is 6. The Morgan fingerprint density at radius 1 is 1.37 bits per heavy atom. The fourth-order valence-electron chi connectivity index (χ4n) is 2.01. The Labute approximate surface area is 113 Å². The van der Waals surface area contributed by atoms with Gasteiger partial charge in [-0.2, -0.15) is 5.10 Å². The summed E-state index contributed by atoms with van der Waals surface area (Å²) in [5.41, 5.74) is 2.37. The molecule has 19 heavy (non-hydrogen) atoms. The highest BCUT2D eigenvalue weighted by Gasteiger charge is 2.12. The molecule has 0 saturated carbocycles. The summed E-state index contributed by atoms with van der Waals surface area (Å²) in [6, 6.07) is 4.17. The van der Waals surface area contributed by atoms with Gasteiger partial charge in [-0.05, 0) is 26.0 Å². The van der Waals surface area contributed by atoms with Crippen LogP contribution in [0.1, 0.15) is 24.1 Å². The predicted octanol–water partition coefficient (Wildman–Crippen LogP) is 1.81. The molecule has 1 unspecified atom stereocenters. The topological polar surface area (TPSA) is 52.0 Å². The van der Waals surface area contributed by atoms with Crippen LogP contribution >= 0.6 is 0 Å². The predicted molar refractivity (Wildman–Crippen MR) is 74.2 cm³/mol. The molecule has 5 nitrogen and oxygen atoms in total. The third-order valence-corrected chi connectivity index (χ3v) is 3.17. The summed E-state index contributed by atoms with van der Waals surface area (Å²) in [5, 5.41) is 7.63. The molecule has 2 heterocycles. The lowest BCUT2D eigenvalue weighted by atomic mass is 10.0. The molecule has 0 fully saturated rings. The SMILES string of the molecule is CCn1cc(C(Cc2ccc(OC)nc2)NC)cn1. The van der Waals surface area contributed by atoms with E-state index in [-0.39, 0.29) is 6.04 Å². The maximum Gasteiger partial charge on any atom is 0.212 e. The van der Waals surface area contributed by atoms with Gasteiger partial charge >= 0.3 is 0 Å².